The molecule has 0 radical (unpaired) electrons. The second kappa shape index (κ2) is 4.79. The molecule has 1 N–H and O–H groups in total. The molecule has 0 aliphatic heterocycles. The maximum atomic E-state index is 5.09. The van der Waals surface area contributed by atoms with E-state index in [0.717, 1.165) is 12.4 Å². The van der Waals surface area contributed by atoms with Crippen LogP contribution in [0.5, 0.6) is 0 Å². The predicted molar refractivity (Wildman–Crippen MR) is 65.7 cm³/mol. The minimum atomic E-state index is 0.467. The van der Waals surface area contributed by atoms with Crippen molar-refractivity contribution in [3.8, 4) is 0 Å². The average Bonchev–Trinajstić information content (AvgIpc) is 2.45. The molecule has 1 rings (SSSR count). The van der Waals surface area contributed by atoms with Gasteiger partial charge in [0, 0.05) is 20.1 Å². The molecule has 15 heavy (non-hydrogen) atoms. The number of rotatable bonds is 4. The van der Waals surface area contributed by atoms with Crippen LogP contribution in [0.4, 0.5) is 5.95 Å². The fraction of sp³-hybridized carbons (Fsp3) is 0.800. The first-order valence-electron chi connectivity index (χ1n) is 5.27. The van der Waals surface area contributed by atoms with E-state index in [4.69, 9.17) is 12.2 Å². The third-order valence-corrected chi connectivity index (χ3v) is 3.01. The van der Waals surface area contributed by atoms with Crippen molar-refractivity contribution in [2.75, 3.05) is 11.9 Å². The second-order valence-corrected chi connectivity index (χ2v) is 4.86. The summed E-state index contributed by atoms with van der Waals surface area (Å²) in [5.74, 6) is 1.59. The van der Waals surface area contributed by atoms with Gasteiger partial charge in [0.25, 0.3) is 0 Å². The van der Waals surface area contributed by atoms with Gasteiger partial charge in [0.2, 0.25) is 5.95 Å². The lowest BCUT2D eigenvalue weighted by atomic mass is 10.0. The van der Waals surface area contributed by atoms with Crippen molar-refractivity contribution >= 4 is 18.2 Å². The maximum absolute atomic E-state index is 5.09. The molecule has 5 heteroatoms. The Morgan fingerprint density at radius 2 is 2.07 bits per heavy atom. The number of aromatic amines is 1. The lowest BCUT2D eigenvalue weighted by molar-refractivity contribution is 0.497. The van der Waals surface area contributed by atoms with E-state index in [-0.39, 0.29) is 0 Å². The number of anilines is 1. The van der Waals surface area contributed by atoms with E-state index in [0.29, 0.717) is 16.7 Å². The van der Waals surface area contributed by atoms with Gasteiger partial charge in [-0.2, -0.15) is 0 Å². The molecule has 4 nitrogen and oxygen atoms in total. The summed E-state index contributed by atoms with van der Waals surface area (Å²) in [5, 5.41) is 7.02. The molecule has 0 spiro atoms. The van der Waals surface area contributed by atoms with Gasteiger partial charge in [-0.25, -0.2) is 5.10 Å². The number of nitrogens with one attached hydrogen (secondary N) is 1. The van der Waals surface area contributed by atoms with Crippen LogP contribution in [0.15, 0.2) is 0 Å². The van der Waals surface area contributed by atoms with Crippen LogP contribution in [-0.4, -0.2) is 27.9 Å². The smallest absolute Gasteiger partial charge is 0.225 e. The summed E-state index contributed by atoms with van der Waals surface area (Å²) >= 11 is 5.09. The van der Waals surface area contributed by atoms with Gasteiger partial charge < -0.3 is 4.90 Å². The number of hydrogen-bond donors (Lipinski definition) is 1. The van der Waals surface area contributed by atoms with Crippen LogP contribution in [0.1, 0.15) is 27.2 Å². The van der Waals surface area contributed by atoms with Gasteiger partial charge in [0.15, 0.2) is 4.77 Å². The highest BCUT2D eigenvalue weighted by Gasteiger charge is 2.15. The summed E-state index contributed by atoms with van der Waals surface area (Å²) in [7, 11) is 3.98. The maximum Gasteiger partial charge on any atom is 0.225 e. The number of hydrogen-bond acceptors (Lipinski definition) is 3. The Morgan fingerprint density at radius 1 is 1.47 bits per heavy atom. The lowest BCUT2D eigenvalue weighted by Crippen LogP contribution is -2.32. The van der Waals surface area contributed by atoms with Crippen molar-refractivity contribution in [3.63, 3.8) is 0 Å². The molecule has 1 aromatic heterocycles. The van der Waals surface area contributed by atoms with Crippen LogP contribution in [-0.2, 0) is 7.05 Å². The fourth-order valence-electron chi connectivity index (χ4n) is 1.69. The molecule has 0 aliphatic rings. The van der Waals surface area contributed by atoms with Crippen molar-refractivity contribution in [2.24, 2.45) is 13.0 Å². The Bertz CT molecular complexity index is 366. The molecule has 86 valence electrons. The molecule has 0 fully saturated rings. The Labute approximate surface area is 96.3 Å². The summed E-state index contributed by atoms with van der Waals surface area (Å²) < 4.78 is 2.56. The van der Waals surface area contributed by atoms with Crippen LogP contribution >= 0.6 is 12.2 Å². The third-order valence-electron chi connectivity index (χ3n) is 2.65. The third kappa shape index (κ3) is 2.81. The van der Waals surface area contributed by atoms with E-state index in [2.05, 4.69) is 42.9 Å². The number of nitrogens with zero attached hydrogens (tertiary/aromatic N) is 3. The highest BCUT2D eigenvalue weighted by Crippen LogP contribution is 2.15. The van der Waals surface area contributed by atoms with Crippen LogP contribution in [0.2, 0.25) is 0 Å². The van der Waals surface area contributed by atoms with Gasteiger partial charge in [0.05, 0.1) is 0 Å². The van der Waals surface area contributed by atoms with Crippen LogP contribution < -0.4 is 4.90 Å². The SMILES string of the molecule is CC(C)CC(C)N(C)c1n[nH]c(=S)n1C. The zero-order valence-corrected chi connectivity index (χ0v) is 10.9. The molecular weight excluding hydrogens is 208 g/mol. The largest absolute Gasteiger partial charge is 0.341 e. The molecule has 0 aliphatic carbocycles. The second-order valence-electron chi connectivity index (χ2n) is 4.48. The highest BCUT2D eigenvalue weighted by molar-refractivity contribution is 7.71. The minimum absolute atomic E-state index is 0.467. The fourth-order valence-corrected chi connectivity index (χ4v) is 1.82. The first-order valence-corrected chi connectivity index (χ1v) is 5.68. The van der Waals surface area contributed by atoms with Crippen molar-refractivity contribution in [1.29, 1.82) is 0 Å². The zero-order valence-electron chi connectivity index (χ0n) is 10.1. The normalized spacial score (nSPS) is 13.2. The Kier molecular flexibility index (Phi) is 3.90. The molecular formula is C10H20N4S. The first kappa shape index (κ1) is 12.2. The van der Waals surface area contributed by atoms with Crippen molar-refractivity contribution in [2.45, 2.75) is 33.2 Å². The van der Waals surface area contributed by atoms with Gasteiger partial charge in [-0.1, -0.05) is 13.8 Å². The molecule has 0 bridgehead atoms. The average molecular weight is 228 g/mol. The monoisotopic (exact) mass is 228 g/mol. The Hall–Kier alpha value is -0.840. The number of H-pyrrole nitrogens is 1. The van der Waals surface area contributed by atoms with E-state index in [9.17, 15) is 0 Å². The zero-order chi connectivity index (χ0) is 11.6. The molecule has 0 saturated carbocycles. The highest BCUT2D eigenvalue weighted by atomic mass is 32.1. The Morgan fingerprint density at radius 3 is 2.47 bits per heavy atom. The van der Waals surface area contributed by atoms with Crippen molar-refractivity contribution in [3.05, 3.63) is 4.77 Å². The molecule has 0 saturated heterocycles. The van der Waals surface area contributed by atoms with Crippen LogP contribution in [0.3, 0.4) is 0 Å². The standard InChI is InChI=1S/C10H20N4S/c1-7(2)6-8(3)13(4)9-11-12-10(15)14(9)5/h7-8H,6H2,1-5H3,(H,12,15). The molecule has 1 heterocycles. The van der Waals surface area contributed by atoms with Gasteiger partial charge in [-0.15, -0.1) is 5.10 Å². The van der Waals surface area contributed by atoms with E-state index in [1.165, 1.54) is 0 Å². The molecule has 0 aromatic carbocycles. The van der Waals surface area contributed by atoms with Crippen LogP contribution in [0.25, 0.3) is 0 Å². The van der Waals surface area contributed by atoms with Gasteiger partial charge in [0.1, 0.15) is 0 Å². The first-order chi connectivity index (χ1) is 6.93. The molecule has 1 aromatic rings. The van der Waals surface area contributed by atoms with Crippen LogP contribution in [0, 0.1) is 10.7 Å². The van der Waals surface area contributed by atoms with Gasteiger partial charge >= 0.3 is 0 Å². The summed E-state index contributed by atoms with van der Waals surface area (Å²) in [6, 6.07) is 0.467. The topological polar surface area (TPSA) is 36.9 Å². The van der Waals surface area contributed by atoms with E-state index < -0.39 is 0 Å². The Balaban J connectivity index is 2.80. The molecule has 1 unspecified atom stereocenters. The minimum Gasteiger partial charge on any atom is -0.341 e. The van der Waals surface area contributed by atoms with Gasteiger partial charge in [-0.05, 0) is 31.5 Å². The summed E-state index contributed by atoms with van der Waals surface area (Å²) in [4.78, 5) is 2.16. The van der Waals surface area contributed by atoms with E-state index in [1.807, 2.05) is 11.6 Å². The predicted octanol–water partition coefficient (Wildman–Crippen LogP) is 2.35. The number of aromatic nitrogens is 3. The van der Waals surface area contributed by atoms with Crippen molar-refractivity contribution in [1.82, 2.24) is 14.8 Å². The van der Waals surface area contributed by atoms with Gasteiger partial charge in [-0.3, -0.25) is 4.57 Å². The summed E-state index contributed by atoms with van der Waals surface area (Å²) in [6.07, 6.45) is 1.15. The molecule has 1 atom stereocenters. The van der Waals surface area contributed by atoms with Crippen molar-refractivity contribution < 1.29 is 0 Å². The van der Waals surface area contributed by atoms with E-state index >= 15 is 0 Å². The lowest BCUT2D eigenvalue weighted by Gasteiger charge is -2.26. The quantitative estimate of drug-likeness (QED) is 0.804. The summed E-state index contributed by atoms with van der Waals surface area (Å²) in [6.45, 7) is 6.67. The van der Waals surface area contributed by atoms with E-state index in [1.54, 1.807) is 0 Å². The summed E-state index contributed by atoms with van der Waals surface area (Å²) in [5.41, 5.74) is 0. The molecule has 0 amide bonds.